The fraction of sp³-hybridized carbons (Fsp3) is 0.625. The summed E-state index contributed by atoms with van der Waals surface area (Å²) in [6, 6.07) is 8.84. The lowest BCUT2D eigenvalue weighted by atomic mass is 10.1. The zero-order valence-corrected chi connectivity index (χ0v) is 12.2. The fourth-order valence-electron chi connectivity index (χ4n) is 2.48. The molecule has 1 saturated heterocycles. The van der Waals surface area contributed by atoms with Crippen molar-refractivity contribution in [1.82, 2.24) is 5.32 Å². The standard InChI is InChI=1S/C16H26N2O/c1-3-10-17-12-14-6-8-15(9-7-14)18(2)13-16-5-4-11-19-16/h6-9,16-17H,3-5,10-13H2,1-2H3. The smallest absolute Gasteiger partial charge is 0.0750 e. The van der Waals surface area contributed by atoms with Crippen LogP contribution in [0.5, 0.6) is 0 Å². The highest BCUT2D eigenvalue weighted by atomic mass is 16.5. The van der Waals surface area contributed by atoms with E-state index in [1.807, 2.05) is 0 Å². The molecule has 3 heteroatoms. The average molecular weight is 262 g/mol. The zero-order valence-electron chi connectivity index (χ0n) is 12.2. The van der Waals surface area contributed by atoms with E-state index < -0.39 is 0 Å². The number of hydrogen-bond acceptors (Lipinski definition) is 3. The van der Waals surface area contributed by atoms with Crippen LogP contribution in [0.4, 0.5) is 5.69 Å². The van der Waals surface area contributed by atoms with Crippen molar-refractivity contribution in [2.75, 3.05) is 31.6 Å². The maximum atomic E-state index is 5.68. The van der Waals surface area contributed by atoms with Crippen LogP contribution in [-0.2, 0) is 11.3 Å². The fourth-order valence-corrected chi connectivity index (χ4v) is 2.48. The first-order chi connectivity index (χ1) is 9.29. The third kappa shape index (κ3) is 4.51. The predicted octanol–water partition coefficient (Wildman–Crippen LogP) is 2.80. The third-order valence-corrected chi connectivity index (χ3v) is 3.63. The summed E-state index contributed by atoms with van der Waals surface area (Å²) in [6.45, 7) is 6.16. The molecule has 0 spiro atoms. The molecule has 1 N–H and O–H groups in total. The highest BCUT2D eigenvalue weighted by Crippen LogP contribution is 2.18. The van der Waals surface area contributed by atoms with E-state index in [4.69, 9.17) is 4.74 Å². The van der Waals surface area contributed by atoms with Crippen LogP contribution in [0.1, 0.15) is 31.7 Å². The van der Waals surface area contributed by atoms with Gasteiger partial charge in [0.2, 0.25) is 0 Å². The van der Waals surface area contributed by atoms with E-state index in [9.17, 15) is 0 Å². The molecule has 1 atom stereocenters. The molecule has 3 nitrogen and oxygen atoms in total. The van der Waals surface area contributed by atoms with Gasteiger partial charge in [-0.15, -0.1) is 0 Å². The number of likely N-dealkylation sites (N-methyl/N-ethyl adjacent to an activating group) is 1. The molecule has 1 unspecified atom stereocenters. The lowest BCUT2D eigenvalue weighted by Crippen LogP contribution is -2.28. The summed E-state index contributed by atoms with van der Waals surface area (Å²) in [5.74, 6) is 0. The van der Waals surface area contributed by atoms with Crippen molar-refractivity contribution in [3.63, 3.8) is 0 Å². The molecule has 1 aromatic carbocycles. The summed E-state index contributed by atoms with van der Waals surface area (Å²) in [4.78, 5) is 2.29. The number of nitrogens with one attached hydrogen (secondary N) is 1. The molecular formula is C16H26N2O. The average Bonchev–Trinajstić information content (AvgIpc) is 2.93. The van der Waals surface area contributed by atoms with Crippen LogP contribution in [0.15, 0.2) is 24.3 Å². The van der Waals surface area contributed by atoms with Crippen molar-refractivity contribution in [1.29, 1.82) is 0 Å². The Morgan fingerprint density at radius 3 is 2.74 bits per heavy atom. The minimum atomic E-state index is 0.413. The van der Waals surface area contributed by atoms with Gasteiger partial charge in [-0.05, 0) is 43.5 Å². The maximum absolute atomic E-state index is 5.68. The van der Waals surface area contributed by atoms with Crippen LogP contribution in [0.3, 0.4) is 0 Å². The molecule has 1 aliphatic rings. The lowest BCUT2D eigenvalue weighted by Gasteiger charge is -2.23. The van der Waals surface area contributed by atoms with Gasteiger partial charge in [0.05, 0.1) is 6.10 Å². The van der Waals surface area contributed by atoms with Gasteiger partial charge in [-0.2, -0.15) is 0 Å². The van der Waals surface area contributed by atoms with Gasteiger partial charge in [0.1, 0.15) is 0 Å². The van der Waals surface area contributed by atoms with Crippen LogP contribution in [0.2, 0.25) is 0 Å². The lowest BCUT2D eigenvalue weighted by molar-refractivity contribution is 0.116. The first-order valence-electron chi connectivity index (χ1n) is 7.42. The molecule has 19 heavy (non-hydrogen) atoms. The molecule has 0 saturated carbocycles. The zero-order chi connectivity index (χ0) is 13.5. The summed E-state index contributed by atoms with van der Waals surface area (Å²) >= 11 is 0. The van der Waals surface area contributed by atoms with Crippen LogP contribution >= 0.6 is 0 Å². The topological polar surface area (TPSA) is 24.5 Å². The Hall–Kier alpha value is -1.06. The highest BCUT2D eigenvalue weighted by Gasteiger charge is 2.17. The molecule has 0 amide bonds. The summed E-state index contributed by atoms with van der Waals surface area (Å²) in [5.41, 5.74) is 2.62. The van der Waals surface area contributed by atoms with Crippen LogP contribution in [-0.4, -0.2) is 32.8 Å². The third-order valence-electron chi connectivity index (χ3n) is 3.63. The summed E-state index contributed by atoms with van der Waals surface area (Å²) in [5, 5.41) is 3.43. The minimum Gasteiger partial charge on any atom is -0.376 e. The van der Waals surface area contributed by atoms with Crippen LogP contribution in [0.25, 0.3) is 0 Å². The van der Waals surface area contributed by atoms with Crippen molar-refractivity contribution in [3.05, 3.63) is 29.8 Å². The van der Waals surface area contributed by atoms with E-state index >= 15 is 0 Å². The molecule has 0 aliphatic carbocycles. The van der Waals surface area contributed by atoms with E-state index in [0.717, 1.165) is 26.2 Å². The first kappa shape index (κ1) is 14.4. The molecule has 106 valence electrons. The SMILES string of the molecule is CCCNCc1ccc(N(C)CC2CCCO2)cc1. The van der Waals surface area contributed by atoms with E-state index in [0.29, 0.717) is 6.10 Å². The van der Waals surface area contributed by atoms with E-state index in [2.05, 4.69) is 48.5 Å². The molecule has 1 heterocycles. The second kappa shape index (κ2) is 7.51. The maximum Gasteiger partial charge on any atom is 0.0750 e. The van der Waals surface area contributed by atoms with E-state index in [1.165, 1.54) is 30.5 Å². The monoisotopic (exact) mass is 262 g/mol. The normalized spacial score (nSPS) is 18.7. The minimum absolute atomic E-state index is 0.413. The molecule has 0 aromatic heterocycles. The Morgan fingerprint density at radius 2 is 2.11 bits per heavy atom. The molecule has 1 aromatic rings. The number of anilines is 1. The number of benzene rings is 1. The molecule has 1 fully saturated rings. The second-order valence-corrected chi connectivity index (χ2v) is 5.36. The molecular weight excluding hydrogens is 236 g/mol. The summed E-state index contributed by atoms with van der Waals surface area (Å²) < 4.78 is 5.68. The molecule has 2 rings (SSSR count). The highest BCUT2D eigenvalue weighted by molar-refractivity contribution is 5.47. The van der Waals surface area contributed by atoms with Crippen molar-refractivity contribution < 1.29 is 4.74 Å². The van der Waals surface area contributed by atoms with Crippen molar-refractivity contribution in [3.8, 4) is 0 Å². The van der Waals surface area contributed by atoms with Gasteiger partial charge in [0.25, 0.3) is 0 Å². The Bertz CT molecular complexity index is 358. The number of rotatable bonds is 7. The van der Waals surface area contributed by atoms with Crippen molar-refractivity contribution >= 4 is 5.69 Å². The summed E-state index contributed by atoms with van der Waals surface area (Å²) in [7, 11) is 2.14. The quantitative estimate of drug-likeness (QED) is 0.765. The van der Waals surface area contributed by atoms with Crippen LogP contribution < -0.4 is 10.2 Å². The number of ether oxygens (including phenoxy) is 1. The van der Waals surface area contributed by atoms with Gasteiger partial charge in [0.15, 0.2) is 0 Å². The molecule has 0 radical (unpaired) electrons. The van der Waals surface area contributed by atoms with Crippen LogP contribution in [0, 0.1) is 0 Å². The molecule has 1 aliphatic heterocycles. The summed E-state index contributed by atoms with van der Waals surface area (Å²) in [6.07, 6.45) is 4.00. The van der Waals surface area contributed by atoms with E-state index in [-0.39, 0.29) is 0 Å². The van der Waals surface area contributed by atoms with Gasteiger partial charge < -0.3 is 15.0 Å². The first-order valence-corrected chi connectivity index (χ1v) is 7.42. The van der Waals surface area contributed by atoms with Gasteiger partial charge in [-0.25, -0.2) is 0 Å². The second-order valence-electron chi connectivity index (χ2n) is 5.36. The van der Waals surface area contributed by atoms with Crippen molar-refractivity contribution in [2.24, 2.45) is 0 Å². The Labute approximate surface area is 116 Å². The Balaban J connectivity index is 1.82. The Kier molecular flexibility index (Phi) is 5.67. The Morgan fingerprint density at radius 1 is 1.32 bits per heavy atom. The largest absolute Gasteiger partial charge is 0.376 e. The number of hydrogen-bond donors (Lipinski definition) is 1. The van der Waals surface area contributed by atoms with Gasteiger partial charge >= 0.3 is 0 Å². The van der Waals surface area contributed by atoms with E-state index in [1.54, 1.807) is 0 Å². The van der Waals surface area contributed by atoms with Gasteiger partial charge in [0, 0.05) is 32.4 Å². The number of nitrogens with zero attached hydrogens (tertiary/aromatic N) is 1. The van der Waals surface area contributed by atoms with Gasteiger partial charge in [-0.3, -0.25) is 0 Å². The van der Waals surface area contributed by atoms with Gasteiger partial charge in [-0.1, -0.05) is 19.1 Å². The van der Waals surface area contributed by atoms with Crippen molar-refractivity contribution in [2.45, 2.75) is 38.8 Å². The predicted molar refractivity (Wildman–Crippen MR) is 80.7 cm³/mol. The molecule has 0 bridgehead atoms.